The fourth-order valence-corrected chi connectivity index (χ4v) is 2.51. The zero-order valence-electron chi connectivity index (χ0n) is 12.4. The van der Waals surface area contributed by atoms with Gasteiger partial charge in [-0.15, -0.1) is 0 Å². The van der Waals surface area contributed by atoms with E-state index in [4.69, 9.17) is 19.5 Å². The molecule has 1 amide bonds. The first kappa shape index (κ1) is 15.0. The monoisotopic (exact) mass is 290 g/mol. The molecule has 1 aliphatic rings. The lowest BCUT2D eigenvalue weighted by atomic mass is 10.1. The van der Waals surface area contributed by atoms with Gasteiger partial charge in [0.25, 0.3) is 5.91 Å². The number of likely N-dealkylation sites (tertiary alicyclic amines) is 1. The molecule has 0 aromatic heterocycles. The number of carbonyl (C=O) groups excluding carboxylic acids is 1. The Morgan fingerprint density at radius 1 is 1.24 bits per heavy atom. The van der Waals surface area contributed by atoms with Gasteiger partial charge in [0.05, 0.1) is 27.4 Å². The zero-order valence-corrected chi connectivity index (χ0v) is 12.4. The number of nitriles is 1. The van der Waals surface area contributed by atoms with Crippen molar-refractivity contribution in [3.05, 3.63) is 17.7 Å². The van der Waals surface area contributed by atoms with Gasteiger partial charge < -0.3 is 19.1 Å². The molecule has 21 heavy (non-hydrogen) atoms. The lowest BCUT2D eigenvalue weighted by molar-refractivity contribution is 0.0764. The smallest absolute Gasteiger partial charge is 0.255 e. The standard InChI is InChI=1S/C15H18N2O4/c1-19-12-7-10(8-13(20-2)14(12)21-3)15(18)17-6-4-5-11(17)9-16/h7-8,11H,4-6H2,1-3H3. The molecule has 0 N–H and O–H groups in total. The molecule has 2 rings (SSSR count). The summed E-state index contributed by atoms with van der Waals surface area (Å²) >= 11 is 0. The maximum absolute atomic E-state index is 12.6. The van der Waals surface area contributed by atoms with E-state index < -0.39 is 0 Å². The molecule has 0 radical (unpaired) electrons. The maximum Gasteiger partial charge on any atom is 0.255 e. The molecule has 0 aliphatic carbocycles. The summed E-state index contributed by atoms with van der Waals surface area (Å²) in [4.78, 5) is 14.2. The number of amides is 1. The molecule has 1 saturated heterocycles. The molecular weight excluding hydrogens is 272 g/mol. The van der Waals surface area contributed by atoms with Crippen LogP contribution in [0.4, 0.5) is 0 Å². The molecular formula is C15H18N2O4. The second-order valence-electron chi connectivity index (χ2n) is 4.70. The summed E-state index contributed by atoms with van der Waals surface area (Å²) in [7, 11) is 4.51. The van der Waals surface area contributed by atoms with Crippen molar-refractivity contribution in [2.75, 3.05) is 27.9 Å². The Kier molecular flexibility index (Phi) is 4.53. The molecule has 6 nitrogen and oxygen atoms in total. The van der Waals surface area contributed by atoms with Gasteiger partial charge in [0.1, 0.15) is 6.04 Å². The number of ether oxygens (including phenoxy) is 3. The highest BCUT2D eigenvalue weighted by molar-refractivity contribution is 5.96. The number of hydrogen-bond donors (Lipinski definition) is 0. The van der Waals surface area contributed by atoms with Crippen molar-refractivity contribution in [3.63, 3.8) is 0 Å². The number of carbonyl (C=O) groups is 1. The lowest BCUT2D eigenvalue weighted by Gasteiger charge is -2.21. The van der Waals surface area contributed by atoms with E-state index in [1.807, 2.05) is 0 Å². The van der Waals surface area contributed by atoms with Crippen molar-refractivity contribution < 1.29 is 19.0 Å². The van der Waals surface area contributed by atoms with Crippen LogP contribution in [-0.4, -0.2) is 44.7 Å². The van der Waals surface area contributed by atoms with Gasteiger partial charge in [-0.1, -0.05) is 0 Å². The zero-order chi connectivity index (χ0) is 15.4. The van der Waals surface area contributed by atoms with Crippen LogP contribution in [0.1, 0.15) is 23.2 Å². The minimum absolute atomic E-state index is 0.196. The Morgan fingerprint density at radius 3 is 2.33 bits per heavy atom. The van der Waals surface area contributed by atoms with E-state index in [2.05, 4.69) is 6.07 Å². The largest absolute Gasteiger partial charge is 0.493 e. The van der Waals surface area contributed by atoms with Crippen LogP contribution in [0.5, 0.6) is 17.2 Å². The molecule has 0 spiro atoms. The SMILES string of the molecule is COc1cc(C(=O)N2CCCC2C#N)cc(OC)c1OC. The summed E-state index contributed by atoms with van der Waals surface area (Å²) in [6, 6.07) is 5.01. The molecule has 0 saturated carbocycles. The third-order valence-corrected chi connectivity index (χ3v) is 3.57. The highest BCUT2D eigenvalue weighted by Crippen LogP contribution is 2.38. The van der Waals surface area contributed by atoms with Crippen molar-refractivity contribution in [1.29, 1.82) is 5.26 Å². The summed E-state index contributed by atoms with van der Waals surface area (Å²) in [5.41, 5.74) is 0.423. The molecule has 1 unspecified atom stereocenters. The van der Waals surface area contributed by atoms with Crippen LogP contribution in [-0.2, 0) is 0 Å². The second kappa shape index (κ2) is 6.35. The maximum atomic E-state index is 12.6. The highest BCUT2D eigenvalue weighted by Gasteiger charge is 2.30. The van der Waals surface area contributed by atoms with E-state index in [-0.39, 0.29) is 11.9 Å². The van der Waals surface area contributed by atoms with Crippen LogP contribution in [0.3, 0.4) is 0 Å². The number of methoxy groups -OCH3 is 3. The third kappa shape index (κ3) is 2.72. The summed E-state index contributed by atoms with van der Waals surface area (Å²) < 4.78 is 15.7. The van der Waals surface area contributed by atoms with Gasteiger partial charge in [-0.2, -0.15) is 5.26 Å². The van der Waals surface area contributed by atoms with Crippen LogP contribution in [0.15, 0.2) is 12.1 Å². The Bertz CT molecular complexity index is 555. The molecule has 1 aliphatic heterocycles. The van der Waals surface area contributed by atoms with E-state index in [9.17, 15) is 4.79 Å². The van der Waals surface area contributed by atoms with Crippen LogP contribution >= 0.6 is 0 Å². The Labute approximate surface area is 123 Å². The molecule has 6 heteroatoms. The van der Waals surface area contributed by atoms with Gasteiger partial charge in [0.2, 0.25) is 5.75 Å². The van der Waals surface area contributed by atoms with Crippen molar-refractivity contribution in [3.8, 4) is 23.3 Å². The quantitative estimate of drug-likeness (QED) is 0.846. The van der Waals surface area contributed by atoms with E-state index in [0.717, 1.165) is 6.42 Å². The first-order valence-corrected chi connectivity index (χ1v) is 6.66. The van der Waals surface area contributed by atoms with Gasteiger partial charge in [-0.05, 0) is 25.0 Å². The predicted molar refractivity (Wildman–Crippen MR) is 75.8 cm³/mol. The Balaban J connectivity index is 2.40. The summed E-state index contributed by atoms with van der Waals surface area (Å²) in [6.07, 6.45) is 1.56. The van der Waals surface area contributed by atoms with Crippen LogP contribution < -0.4 is 14.2 Å². The summed E-state index contributed by atoms with van der Waals surface area (Å²) in [5, 5.41) is 9.10. The Hall–Kier alpha value is -2.42. The van der Waals surface area contributed by atoms with Crippen LogP contribution in [0.2, 0.25) is 0 Å². The topological polar surface area (TPSA) is 71.8 Å². The molecule has 1 atom stereocenters. The van der Waals surface area contributed by atoms with Crippen molar-refractivity contribution >= 4 is 5.91 Å². The molecule has 1 heterocycles. The normalized spacial score (nSPS) is 17.2. The van der Waals surface area contributed by atoms with Gasteiger partial charge in [-0.25, -0.2) is 0 Å². The van der Waals surface area contributed by atoms with Crippen LogP contribution in [0.25, 0.3) is 0 Å². The molecule has 1 aromatic carbocycles. The van der Waals surface area contributed by atoms with E-state index in [0.29, 0.717) is 35.8 Å². The lowest BCUT2D eigenvalue weighted by Crippen LogP contribution is -2.34. The average Bonchev–Trinajstić information content (AvgIpc) is 3.01. The highest BCUT2D eigenvalue weighted by atomic mass is 16.5. The first-order valence-electron chi connectivity index (χ1n) is 6.66. The molecule has 1 fully saturated rings. The van der Waals surface area contributed by atoms with Gasteiger partial charge in [-0.3, -0.25) is 4.79 Å². The summed E-state index contributed by atoms with van der Waals surface area (Å²) in [6.45, 7) is 0.591. The van der Waals surface area contributed by atoms with Gasteiger partial charge in [0.15, 0.2) is 11.5 Å². The van der Waals surface area contributed by atoms with Crippen molar-refractivity contribution in [2.24, 2.45) is 0 Å². The van der Waals surface area contributed by atoms with Crippen molar-refractivity contribution in [2.45, 2.75) is 18.9 Å². The van der Waals surface area contributed by atoms with Gasteiger partial charge in [0, 0.05) is 12.1 Å². The molecule has 1 aromatic rings. The average molecular weight is 290 g/mol. The summed E-state index contributed by atoms with van der Waals surface area (Å²) in [5.74, 6) is 1.09. The minimum Gasteiger partial charge on any atom is -0.493 e. The number of rotatable bonds is 4. The third-order valence-electron chi connectivity index (χ3n) is 3.57. The fourth-order valence-electron chi connectivity index (χ4n) is 2.51. The van der Waals surface area contributed by atoms with Crippen molar-refractivity contribution in [1.82, 2.24) is 4.90 Å². The van der Waals surface area contributed by atoms with Gasteiger partial charge >= 0.3 is 0 Å². The minimum atomic E-state index is -0.364. The first-order chi connectivity index (χ1) is 10.2. The molecule has 0 bridgehead atoms. The van der Waals surface area contributed by atoms with E-state index in [1.165, 1.54) is 21.3 Å². The fraction of sp³-hybridized carbons (Fsp3) is 0.467. The van der Waals surface area contributed by atoms with Crippen LogP contribution in [0, 0.1) is 11.3 Å². The second-order valence-corrected chi connectivity index (χ2v) is 4.70. The number of nitrogens with zero attached hydrogens (tertiary/aromatic N) is 2. The van der Waals surface area contributed by atoms with E-state index in [1.54, 1.807) is 17.0 Å². The Morgan fingerprint density at radius 2 is 1.86 bits per heavy atom. The van der Waals surface area contributed by atoms with E-state index >= 15 is 0 Å². The predicted octanol–water partition coefficient (Wildman–Crippen LogP) is 1.84. The molecule has 112 valence electrons. The number of hydrogen-bond acceptors (Lipinski definition) is 5. The number of benzene rings is 1.